The van der Waals surface area contributed by atoms with Gasteiger partial charge in [0.1, 0.15) is 0 Å². The highest BCUT2D eigenvalue weighted by molar-refractivity contribution is 5.89. The zero-order valence-electron chi connectivity index (χ0n) is 10.0. The lowest BCUT2D eigenvalue weighted by Crippen LogP contribution is -2.51. The molecule has 1 fully saturated rings. The second kappa shape index (κ2) is 5.68. The van der Waals surface area contributed by atoms with Crippen molar-refractivity contribution in [2.24, 2.45) is 0 Å². The van der Waals surface area contributed by atoms with E-state index in [2.05, 4.69) is 10.6 Å². The molecule has 0 amide bonds. The first-order valence-electron chi connectivity index (χ1n) is 6.04. The summed E-state index contributed by atoms with van der Waals surface area (Å²) in [6.07, 6.45) is 0.847. The predicted octanol–water partition coefficient (Wildman–Crippen LogP) is 1.64. The number of nitrogens with one attached hydrogen (secondary N) is 2. The van der Waals surface area contributed by atoms with Crippen LogP contribution >= 0.6 is 0 Å². The van der Waals surface area contributed by atoms with E-state index in [1.807, 2.05) is 19.1 Å². The highest BCUT2D eigenvalue weighted by Crippen LogP contribution is 2.12. The number of carbonyl (C=O) groups excluding carboxylic acids is 1. The molecule has 1 aliphatic heterocycles. The van der Waals surface area contributed by atoms with Crippen LogP contribution in [0.1, 0.15) is 23.7 Å². The average molecular weight is 234 g/mol. The lowest BCUT2D eigenvalue weighted by Gasteiger charge is -2.28. The molecule has 0 unspecified atom stereocenters. The minimum atomic E-state index is -0.247. The zero-order chi connectivity index (χ0) is 12.1. The molecule has 1 aromatic rings. The van der Waals surface area contributed by atoms with Gasteiger partial charge in [-0.3, -0.25) is 0 Å². The molecule has 4 heteroatoms. The lowest BCUT2D eigenvalue weighted by atomic mass is 10.1. The van der Waals surface area contributed by atoms with Crippen LogP contribution in [0.25, 0.3) is 0 Å². The quantitative estimate of drug-likeness (QED) is 0.760. The summed E-state index contributed by atoms with van der Waals surface area (Å²) in [5.74, 6) is -0.247. The normalized spacial score (nSPS) is 15.1. The van der Waals surface area contributed by atoms with Gasteiger partial charge in [-0.2, -0.15) is 0 Å². The fourth-order valence-corrected chi connectivity index (χ4v) is 1.61. The molecule has 1 aliphatic rings. The smallest absolute Gasteiger partial charge is 0.338 e. The first kappa shape index (κ1) is 11.9. The van der Waals surface area contributed by atoms with Crippen LogP contribution in [0.2, 0.25) is 0 Å². The fraction of sp³-hybridized carbons (Fsp3) is 0.462. The average Bonchev–Trinajstić information content (AvgIpc) is 2.31. The number of carbonyl (C=O) groups is 1. The molecular formula is C13H18N2O2. The van der Waals surface area contributed by atoms with Crippen molar-refractivity contribution in [1.29, 1.82) is 0 Å². The van der Waals surface area contributed by atoms with E-state index < -0.39 is 0 Å². The Labute approximate surface area is 101 Å². The third-order valence-electron chi connectivity index (χ3n) is 2.71. The first-order chi connectivity index (χ1) is 8.29. The van der Waals surface area contributed by atoms with Crippen LogP contribution in [0.5, 0.6) is 0 Å². The van der Waals surface area contributed by atoms with E-state index in [1.165, 1.54) is 0 Å². The first-order valence-corrected chi connectivity index (χ1v) is 6.04. The van der Waals surface area contributed by atoms with Crippen LogP contribution in [0.3, 0.4) is 0 Å². The molecule has 0 bridgehead atoms. The summed E-state index contributed by atoms with van der Waals surface area (Å²) in [6.45, 7) is 4.46. The molecule has 0 aliphatic carbocycles. The van der Waals surface area contributed by atoms with Gasteiger partial charge in [0.15, 0.2) is 0 Å². The minimum Gasteiger partial charge on any atom is -0.462 e. The van der Waals surface area contributed by atoms with Crippen molar-refractivity contribution in [2.45, 2.75) is 19.4 Å². The Morgan fingerprint density at radius 2 is 2.12 bits per heavy atom. The molecule has 1 heterocycles. The topological polar surface area (TPSA) is 50.4 Å². The Morgan fingerprint density at radius 3 is 2.65 bits per heavy atom. The Balaban J connectivity index is 1.89. The van der Waals surface area contributed by atoms with Crippen LogP contribution in [0.4, 0.5) is 5.69 Å². The SMILES string of the molecule is CCCOC(=O)c1ccc(NC2CNC2)cc1. The summed E-state index contributed by atoms with van der Waals surface area (Å²) >= 11 is 0. The molecule has 17 heavy (non-hydrogen) atoms. The Morgan fingerprint density at radius 1 is 1.41 bits per heavy atom. The van der Waals surface area contributed by atoms with Crippen molar-refractivity contribution in [2.75, 3.05) is 25.0 Å². The van der Waals surface area contributed by atoms with Gasteiger partial charge in [0.25, 0.3) is 0 Å². The van der Waals surface area contributed by atoms with Crippen LogP contribution in [0, 0.1) is 0 Å². The monoisotopic (exact) mass is 234 g/mol. The van der Waals surface area contributed by atoms with E-state index in [0.717, 1.165) is 25.2 Å². The molecule has 92 valence electrons. The van der Waals surface area contributed by atoms with Gasteiger partial charge in [-0.1, -0.05) is 6.92 Å². The molecule has 0 atom stereocenters. The maximum absolute atomic E-state index is 11.6. The Hall–Kier alpha value is -1.55. The van der Waals surface area contributed by atoms with Crippen molar-refractivity contribution in [3.05, 3.63) is 29.8 Å². The van der Waals surface area contributed by atoms with Crippen molar-refractivity contribution >= 4 is 11.7 Å². The lowest BCUT2D eigenvalue weighted by molar-refractivity contribution is 0.0505. The summed E-state index contributed by atoms with van der Waals surface area (Å²) in [4.78, 5) is 11.6. The number of ether oxygens (including phenoxy) is 1. The van der Waals surface area contributed by atoms with Gasteiger partial charge in [-0.15, -0.1) is 0 Å². The van der Waals surface area contributed by atoms with Gasteiger partial charge >= 0.3 is 5.97 Å². The van der Waals surface area contributed by atoms with Gasteiger partial charge in [0, 0.05) is 18.8 Å². The molecule has 0 radical (unpaired) electrons. The molecule has 1 aromatic carbocycles. The summed E-state index contributed by atoms with van der Waals surface area (Å²) in [5.41, 5.74) is 1.65. The third kappa shape index (κ3) is 3.20. The van der Waals surface area contributed by atoms with Crippen LogP contribution in [-0.4, -0.2) is 31.7 Å². The molecular weight excluding hydrogens is 216 g/mol. The molecule has 2 rings (SSSR count). The number of rotatable bonds is 5. The molecule has 0 spiro atoms. The molecule has 0 saturated carbocycles. The fourth-order valence-electron chi connectivity index (χ4n) is 1.61. The maximum atomic E-state index is 11.6. The summed E-state index contributed by atoms with van der Waals surface area (Å²) in [5, 5.41) is 6.57. The van der Waals surface area contributed by atoms with Gasteiger partial charge < -0.3 is 15.4 Å². The van der Waals surface area contributed by atoms with E-state index >= 15 is 0 Å². The number of hydrogen-bond acceptors (Lipinski definition) is 4. The van der Waals surface area contributed by atoms with Crippen molar-refractivity contribution < 1.29 is 9.53 Å². The Kier molecular flexibility index (Phi) is 3.98. The second-order valence-corrected chi connectivity index (χ2v) is 4.21. The van der Waals surface area contributed by atoms with E-state index in [4.69, 9.17) is 4.74 Å². The van der Waals surface area contributed by atoms with Crippen molar-refractivity contribution in [3.63, 3.8) is 0 Å². The van der Waals surface area contributed by atoms with Crippen LogP contribution < -0.4 is 10.6 Å². The summed E-state index contributed by atoms with van der Waals surface area (Å²) < 4.78 is 5.06. The van der Waals surface area contributed by atoms with Gasteiger partial charge in [0.05, 0.1) is 18.2 Å². The number of hydrogen-bond donors (Lipinski definition) is 2. The molecule has 2 N–H and O–H groups in total. The van der Waals surface area contributed by atoms with Crippen LogP contribution in [0.15, 0.2) is 24.3 Å². The summed E-state index contributed by atoms with van der Waals surface area (Å²) in [6, 6.07) is 7.94. The Bertz CT molecular complexity index is 372. The molecule has 0 aromatic heterocycles. The highest BCUT2D eigenvalue weighted by atomic mass is 16.5. The van der Waals surface area contributed by atoms with Gasteiger partial charge in [-0.25, -0.2) is 4.79 Å². The van der Waals surface area contributed by atoms with E-state index in [0.29, 0.717) is 18.2 Å². The van der Waals surface area contributed by atoms with Gasteiger partial charge in [0.2, 0.25) is 0 Å². The van der Waals surface area contributed by atoms with E-state index in [1.54, 1.807) is 12.1 Å². The predicted molar refractivity (Wildman–Crippen MR) is 67.3 cm³/mol. The second-order valence-electron chi connectivity index (χ2n) is 4.21. The number of benzene rings is 1. The highest BCUT2D eigenvalue weighted by Gasteiger charge is 2.15. The molecule has 4 nitrogen and oxygen atoms in total. The van der Waals surface area contributed by atoms with Gasteiger partial charge in [-0.05, 0) is 30.7 Å². The third-order valence-corrected chi connectivity index (χ3v) is 2.71. The minimum absolute atomic E-state index is 0.247. The standard InChI is InChI=1S/C13H18N2O2/c1-2-7-17-13(16)10-3-5-11(6-4-10)15-12-8-14-9-12/h3-6,12,14-15H,2,7-9H2,1H3. The number of anilines is 1. The van der Waals surface area contributed by atoms with Crippen molar-refractivity contribution in [1.82, 2.24) is 5.32 Å². The zero-order valence-corrected chi connectivity index (χ0v) is 10.0. The largest absolute Gasteiger partial charge is 0.462 e. The van der Waals surface area contributed by atoms with E-state index in [-0.39, 0.29) is 5.97 Å². The van der Waals surface area contributed by atoms with Crippen molar-refractivity contribution in [3.8, 4) is 0 Å². The van der Waals surface area contributed by atoms with Crippen LogP contribution in [-0.2, 0) is 4.74 Å². The van der Waals surface area contributed by atoms with E-state index in [9.17, 15) is 4.79 Å². The summed E-state index contributed by atoms with van der Waals surface area (Å²) in [7, 11) is 0. The molecule has 1 saturated heterocycles. The maximum Gasteiger partial charge on any atom is 0.338 e. The number of esters is 1.